The number of hydrogen-bond donors (Lipinski definition) is 0. The summed E-state index contributed by atoms with van der Waals surface area (Å²) in [6.07, 6.45) is 4.44. The number of aromatic nitrogens is 3. The third kappa shape index (κ3) is 2.95. The molecule has 0 aliphatic rings. The Morgan fingerprint density at radius 3 is 2.96 bits per heavy atom. The Morgan fingerprint density at radius 1 is 1.42 bits per heavy atom. The SMILES string of the molecule is CCOC(=O)c1sc2ncn(/N=C\c3ccccn3)c(=O)c2c1C. The van der Waals surface area contributed by atoms with E-state index in [2.05, 4.69) is 15.1 Å². The van der Waals surface area contributed by atoms with Crippen LogP contribution in [0.1, 0.15) is 27.9 Å². The first-order chi connectivity index (χ1) is 11.6. The van der Waals surface area contributed by atoms with Gasteiger partial charge in [-0.15, -0.1) is 11.3 Å². The first-order valence-electron chi connectivity index (χ1n) is 7.25. The van der Waals surface area contributed by atoms with Gasteiger partial charge in [-0.25, -0.2) is 9.78 Å². The highest BCUT2D eigenvalue weighted by atomic mass is 32.1. The van der Waals surface area contributed by atoms with Crippen LogP contribution in [0.2, 0.25) is 0 Å². The van der Waals surface area contributed by atoms with E-state index >= 15 is 0 Å². The molecule has 0 unspecified atom stereocenters. The van der Waals surface area contributed by atoms with Crippen LogP contribution in [0, 0.1) is 6.92 Å². The molecule has 0 spiro atoms. The molecule has 0 amide bonds. The van der Waals surface area contributed by atoms with Crippen LogP contribution in [0.15, 0.2) is 40.6 Å². The number of carbonyl (C=O) groups excluding carboxylic acids is 1. The summed E-state index contributed by atoms with van der Waals surface area (Å²) in [5.41, 5.74) is 0.851. The molecule has 0 N–H and O–H groups in total. The lowest BCUT2D eigenvalue weighted by Gasteiger charge is -1.99. The zero-order chi connectivity index (χ0) is 17.1. The highest BCUT2D eigenvalue weighted by molar-refractivity contribution is 7.20. The summed E-state index contributed by atoms with van der Waals surface area (Å²) in [7, 11) is 0. The van der Waals surface area contributed by atoms with Crippen LogP contribution in [0.5, 0.6) is 0 Å². The molecule has 0 aliphatic heterocycles. The molecule has 24 heavy (non-hydrogen) atoms. The monoisotopic (exact) mass is 342 g/mol. The van der Waals surface area contributed by atoms with Crippen molar-refractivity contribution in [1.29, 1.82) is 0 Å². The molecule has 7 nitrogen and oxygen atoms in total. The normalized spacial score (nSPS) is 11.2. The van der Waals surface area contributed by atoms with Crippen molar-refractivity contribution in [2.75, 3.05) is 6.61 Å². The van der Waals surface area contributed by atoms with Crippen LogP contribution in [-0.4, -0.2) is 33.4 Å². The van der Waals surface area contributed by atoms with Gasteiger partial charge >= 0.3 is 5.97 Å². The van der Waals surface area contributed by atoms with Gasteiger partial charge in [0.25, 0.3) is 5.56 Å². The van der Waals surface area contributed by atoms with E-state index < -0.39 is 5.97 Å². The van der Waals surface area contributed by atoms with Crippen LogP contribution >= 0.6 is 11.3 Å². The van der Waals surface area contributed by atoms with Gasteiger partial charge in [0.05, 0.1) is 23.9 Å². The van der Waals surface area contributed by atoms with Gasteiger partial charge in [-0.1, -0.05) is 6.07 Å². The zero-order valence-corrected chi connectivity index (χ0v) is 13.9. The molecule has 0 aromatic carbocycles. The lowest BCUT2D eigenvalue weighted by molar-refractivity contribution is 0.0531. The quantitative estimate of drug-likeness (QED) is 0.536. The molecule has 8 heteroatoms. The summed E-state index contributed by atoms with van der Waals surface area (Å²) < 4.78 is 6.14. The van der Waals surface area contributed by atoms with Crippen LogP contribution < -0.4 is 5.56 Å². The van der Waals surface area contributed by atoms with Crippen molar-refractivity contribution in [3.05, 3.63) is 57.2 Å². The van der Waals surface area contributed by atoms with Gasteiger partial charge in [0.1, 0.15) is 16.0 Å². The Hall–Kier alpha value is -2.87. The number of rotatable bonds is 4. The van der Waals surface area contributed by atoms with Crippen molar-refractivity contribution in [3.8, 4) is 0 Å². The van der Waals surface area contributed by atoms with Crippen molar-refractivity contribution in [2.45, 2.75) is 13.8 Å². The fraction of sp³-hybridized carbons (Fsp3) is 0.188. The Labute approximate surface area is 141 Å². The number of hydrogen-bond acceptors (Lipinski definition) is 7. The second-order valence-corrected chi connectivity index (χ2v) is 5.85. The minimum Gasteiger partial charge on any atom is -0.462 e. The van der Waals surface area contributed by atoms with Gasteiger partial charge < -0.3 is 4.74 Å². The van der Waals surface area contributed by atoms with Crippen molar-refractivity contribution in [2.24, 2.45) is 5.10 Å². The number of pyridine rings is 1. The molecule has 3 aromatic heterocycles. The van der Waals surface area contributed by atoms with E-state index in [1.54, 1.807) is 32.2 Å². The summed E-state index contributed by atoms with van der Waals surface area (Å²) in [4.78, 5) is 33.8. The van der Waals surface area contributed by atoms with E-state index in [0.717, 1.165) is 16.0 Å². The Bertz CT molecular complexity index is 976. The first kappa shape index (κ1) is 16.0. The van der Waals surface area contributed by atoms with E-state index in [9.17, 15) is 9.59 Å². The standard InChI is InChI=1S/C16H14N4O3S/c1-3-23-16(22)13-10(2)12-14(24-13)18-9-20(15(12)21)19-8-11-6-4-5-7-17-11/h4-9H,3H2,1-2H3/b19-8-. The molecule has 0 saturated heterocycles. The molecule has 3 rings (SSSR count). The van der Waals surface area contributed by atoms with E-state index in [1.165, 1.54) is 12.5 Å². The Balaban J connectivity index is 2.05. The average molecular weight is 342 g/mol. The predicted molar refractivity (Wildman–Crippen MR) is 91.8 cm³/mol. The number of thiophene rings is 1. The summed E-state index contributed by atoms with van der Waals surface area (Å²) >= 11 is 1.15. The fourth-order valence-electron chi connectivity index (χ4n) is 2.16. The first-order valence-corrected chi connectivity index (χ1v) is 8.06. The fourth-order valence-corrected chi connectivity index (χ4v) is 3.20. The zero-order valence-electron chi connectivity index (χ0n) is 13.1. The number of fused-ring (bicyclic) bond motifs is 1. The molecular weight excluding hydrogens is 328 g/mol. The van der Waals surface area contributed by atoms with Crippen molar-refractivity contribution < 1.29 is 9.53 Å². The smallest absolute Gasteiger partial charge is 0.348 e. The van der Waals surface area contributed by atoms with Gasteiger partial charge in [-0.05, 0) is 31.5 Å². The highest BCUT2D eigenvalue weighted by Crippen LogP contribution is 2.27. The molecule has 0 bridgehead atoms. The molecule has 0 saturated carbocycles. The summed E-state index contributed by atoms with van der Waals surface area (Å²) in [6, 6.07) is 5.39. The third-order valence-corrected chi connectivity index (χ3v) is 4.48. The van der Waals surface area contributed by atoms with E-state index in [0.29, 0.717) is 26.4 Å². The maximum atomic E-state index is 12.6. The second kappa shape index (κ2) is 6.71. The largest absolute Gasteiger partial charge is 0.462 e. The summed E-state index contributed by atoms with van der Waals surface area (Å²) in [6.45, 7) is 3.72. The lowest BCUT2D eigenvalue weighted by Crippen LogP contribution is -2.17. The van der Waals surface area contributed by atoms with Crippen LogP contribution in [-0.2, 0) is 4.74 Å². The molecule has 0 radical (unpaired) electrons. The van der Waals surface area contributed by atoms with Crippen molar-refractivity contribution in [3.63, 3.8) is 0 Å². The van der Waals surface area contributed by atoms with Crippen LogP contribution in [0.3, 0.4) is 0 Å². The van der Waals surface area contributed by atoms with Gasteiger partial charge in [-0.2, -0.15) is 9.78 Å². The number of carbonyl (C=O) groups is 1. The number of nitrogens with zero attached hydrogens (tertiary/aromatic N) is 4. The topological polar surface area (TPSA) is 86.4 Å². The molecule has 0 fully saturated rings. The Kier molecular flexibility index (Phi) is 4.48. The number of esters is 1. The van der Waals surface area contributed by atoms with E-state index in [-0.39, 0.29) is 12.2 Å². The lowest BCUT2D eigenvalue weighted by atomic mass is 10.2. The molecule has 0 aliphatic carbocycles. The summed E-state index contributed by atoms with van der Waals surface area (Å²) in [5, 5.41) is 4.48. The van der Waals surface area contributed by atoms with E-state index in [1.807, 2.05) is 6.07 Å². The Morgan fingerprint density at radius 2 is 2.25 bits per heavy atom. The second-order valence-electron chi connectivity index (χ2n) is 4.85. The van der Waals surface area contributed by atoms with Gasteiger partial charge in [0.2, 0.25) is 0 Å². The molecule has 122 valence electrons. The molecule has 3 aromatic rings. The van der Waals surface area contributed by atoms with Crippen molar-refractivity contribution in [1.82, 2.24) is 14.6 Å². The molecule has 0 atom stereocenters. The van der Waals surface area contributed by atoms with Gasteiger partial charge in [-0.3, -0.25) is 9.78 Å². The number of aryl methyl sites for hydroxylation is 1. The van der Waals surface area contributed by atoms with Crippen LogP contribution in [0.4, 0.5) is 0 Å². The average Bonchev–Trinajstić information content (AvgIpc) is 2.93. The minimum atomic E-state index is -0.444. The minimum absolute atomic E-state index is 0.276. The highest BCUT2D eigenvalue weighted by Gasteiger charge is 2.20. The van der Waals surface area contributed by atoms with Crippen LogP contribution in [0.25, 0.3) is 10.2 Å². The third-order valence-electron chi connectivity index (χ3n) is 3.30. The van der Waals surface area contributed by atoms with Crippen molar-refractivity contribution >= 4 is 33.7 Å². The van der Waals surface area contributed by atoms with Gasteiger partial charge in [0, 0.05) is 6.20 Å². The number of ether oxygens (including phenoxy) is 1. The predicted octanol–water partition coefficient (Wildman–Crippen LogP) is 2.22. The molecule has 3 heterocycles. The summed E-state index contributed by atoms with van der Waals surface area (Å²) in [5.74, 6) is -0.444. The maximum Gasteiger partial charge on any atom is 0.348 e. The van der Waals surface area contributed by atoms with Gasteiger partial charge in [0.15, 0.2) is 0 Å². The van der Waals surface area contributed by atoms with E-state index in [4.69, 9.17) is 4.74 Å². The maximum absolute atomic E-state index is 12.6. The molecular formula is C16H14N4O3S.